The van der Waals surface area contributed by atoms with E-state index in [-0.39, 0.29) is 37.9 Å². The Morgan fingerprint density at radius 3 is 2.29 bits per heavy atom. The molecule has 0 bridgehead atoms. The van der Waals surface area contributed by atoms with Crippen LogP contribution in [0.4, 0.5) is 5.69 Å². The van der Waals surface area contributed by atoms with Crippen molar-refractivity contribution in [1.29, 1.82) is 0 Å². The highest BCUT2D eigenvalue weighted by molar-refractivity contribution is 5.80. The van der Waals surface area contributed by atoms with Crippen LogP contribution in [-0.4, -0.2) is 141 Å². The predicted molar refractivity (Wildman–Crippen MR) is 212 cm³/mol. The van der Waals surface area contributed by atoms with Gasteiger partial charge in [-0.2, -0.15) is 0 Å². The number of nitrogens with two attached hydrogens (primary N) is 2. The van der Waals surface area contributed by atoms with E-state index in [4.69, 9.17) is 30.4 Å². The fourth-order valence-electron chi connectivity index (χ4n) is 7.74. The van der Waals surface area contributed by atoms with Gasteiger partial charge in [0.25, 0.3) is 5.56 Å². The summed E-state index contributed by atoms with van der Waals surface area (Å²) in [5, 5.41) is 46.3. The van der Waals surface area contributed by atoms with E-state index in [1.165, 1.54) is 17.5 Å². The number of hydrogen-bond acceptors (Lipinski definition) is 15. The molecule has 0 aliphatic carbocycles. The number of likely N-dealkylation sites (N-methyl/N-ethyl adjacent to an activating group) is 1. The first-order valence-corrected chi connectivity index (χ1v) is 19.8. The van der Waals surface area contributed by atoms with Crippen molar-refractivity contribution < 1.29 is 49.0 Å². The van der Waals surface area contributed by atoms with Crippen LogP contribution < -0.4 is 37.7 Å². The summed E-state index contributed by atoms with van der Waals surface area (Å²) >= 11 is 0. The first-order chi connectivity index (χ1) is 28.2. The van der Waals surface area contributed by atoms with Crippen LogP contribution in [-0.2, 0) is 30.3 Å². The number of carbonyl (C=O) groups excluding carboxylic acids is 2. The van der Waals surface area contributed by atoms with Crippen molar-refractivity contribution in [2.45, 2.75) is 107 Å². The van der Waals surface area contributed by atoms with Crippen LogP contribution in [0.15, 0.2) is 70.4 Å². The number of rotatable bonds is 17. The summed E-state index contributed by atoms with van der Waals surface area (Å²) in [7, 11) is 1.52. The Morgan fingerprint density at radius 2 is 1.66 bits per heavy atom. The molecule has 3 aliphatic rings. The van der Waals surface area contributed by atoms with E-state index in [2.05, 4.69) is 10.2 Å². The van der Waals surface area contributed by atoms with Gasteiger partial charge in [0.15, 0.2) is 12.5 Å². The Balaban J connectivity index is 1.03. The molecule has 4 heterocycles. The van der Waals surface area contributed by atoms with Crippen molar-refractivity contribution in [3.63, 3.8) is 0 Å². The molecule has 19 heteroatoms. The van der Waals surface area contributed by atoms with Gasteiger partial charge in [-0.15, -0.1) is 0 Å². The molecular weight excluding hydrogens is 770 g/mol. The number of aromatic nitrogens is 2. The van der Waals surface area contributed by atoms with Crippen LogP contribution in [0, 0.1) is 6.92 Å². The number of anilines is 1. The summed E-state index contributed by atoms with van der Waals surface area (Å²) in [4.78, 5) is 56.1. The molecule has 19 nitrogen and oxygen atoms in total. The van der Waals surface area contributed by atoms with E-state index in [0.29, 0.717) is 6.54 Å². The topological polar surface area (TPSA) is 277 Å². The maximum Gasteiger partial charge on any atom is 0.330 e. The molecule has 3 saturated heterocycles. The minimum atomic E-state index is -1.79. The molecule has 10 atom stereocenters. The first-order valence-electron chi connectivity index (χ1n) is 19.8. The number of aromatic amines is 1. The van der Waals surface area contributed by atoms with Gasteiger partial charge in [-0.25, -0.2) is 4.79 Å². The van der Waals surface area contributed by atoms with Gasteiger partial charge in [0.05, 0.1) is 0 Å². The number of hydrogen-bond donors (Lipinski definition) is 8. The molecule has 2 aromatic carbocycles. The number of aliphatic hydroxyl groups is 4. The number of piperidine rings is 1. The van der Waals surface area contributed by atoms with Crippen LogP contribution in [0.1, 0.15) is 43.0 Å². The van der Waals surface area contributed by atoms with Crippen LogP contribution in [0.3, 0.4) is 0 Å². The predicted octanol–water partition coefficient (Wildman–Crippen LogP) is -1.82. The summed E-state index contributed by atoms with van der Waals surface area (Å²) in [6, 6.07) is 15.7. The second kappa shape index (κ2) is 19.6. The SMILES string of the molecule is Cc1ccc(OC2CCN(c3ccc(CNC(=O)CCCN(C)C(C(N)=O)C(OC4OC(CN)C(O)C4O)C4OC(n5ccc(=O)[nH]c5=O)C(O)C4O)cc3)CC2)cc1. The van der Waals surface area contributed by atoms with E-state index in [9.17, 15) is 39.6 Å². The number of nitrogens with one attached hydrogen (secondary N) is 2. The van der Waals surface area contributed by atoms with Crippen molar-refractivity contribution >= 4 is 17.5 Å². The van der Waals surface area contributed by atoms with Gasteiger partial charge in [-0.3, -0.25) is 28.8 Å². The summed E-state index contributed by atoms with van der Waals surface area (Å²) in [5.41, 5.74) is 13.1. The van der Waals surface area contributed by atoms with Gasteiger partial charge in [0.1, 0.15) is 60.6 Å². The molecule has 2 amide bonds. The lowest BCUT2D eigenvalue weighted by molar-refractivity contribution is -0.232. The number of aryl methyl sites for hydroxylation is 1. The van der Waals surface area contributed by atoms with Crippen LogP contribution in [0.2, 0.25) is 0 Å². The highest BCUT2D eigenvalue weighted by Gasteiger charge is 2.54. The number of benzene rings is 2. The molecule has 322 valence electrons. The lowest BCUT2D eigenvalue weighted by Crippen LogP contribution is -2.59. The number of aliphatic hydroxyl groups excluding tert-OH is 4. The molecule has 10 N–H and O–H groups in total. The molecule has 1 aromatic heterocycles. The Morgan fingerprint density at radius 1 is 0.966 bits per heavy atom. The number of nitrogens with zero attached hydrogens (tertiary/aromatic N) is 3. The standard InChI is InChI=1S/C40H55N7O12/c1-22-5-11-25(12-6-22)56-26-13-17-46(18-14-26)24-9-7-23(8-10-24)21-43-28(48)4-3-16-45(2)30(37(42)54)35(59-39-34(53)31(50)27(20-41)57-39)36-32(51)33(52)38(58-36)47-19-15-29(49)44-40(47)55/h5-12,15,19,26-27,30-36,38-39,50-53H,3-4,13-14,16-18,20-21,41H2,1-2H3,(H2,42,54)(H,43,48)(H,44,49,55). The summed E-state index contributed by atoms with van der Waals surface area (Å²) in [5.74, 6) is -0.306. The smallest absolute Gasteiger partial charge is 0.330 e. The molecule has 3 aromatic rings. The zero-order valence-electron chi connectivity index (χ0n) is 33.0. The van der Waals surface area contributed by atoms with Gasteiger partial charge in [-0.1, -0.05) is 29.8 Å². The summed E-state index contributed by atoms with van der Waals surface area (Å²) in [6.45, 7) is 4.02. The summed E-state index contributed by atoms with van der Waals surface area (Å²) < 4.78 is 24.6. The Bertz CT molecular complexity index is 1970. The van der Waals surface area contributed by atoms with E-state index >= 15 is 0 Å². The van der Waals surface area contributed by atoms with Crippen LogP contribution in [0.25, 0.3) is 0 Å². The van der Waals surface area contributed by atoms with Gasteiger partial charge in [0.2, 0.25) is 11.8 Å². The molecule has 0 spiro atoms. The normalized spacial score (nSPS) is 27.2. The Hall–Kier alpha value is -4.70. The molecule has 6 rings (SSSR count). The third-order valence-electron chi connectivity index (χ3n) is 11.1. The third-order valence-corrected chi connectivity index (χ3v) is 11.1. The van der Waals surface area contributed by atoms with E-state index in [1.807, 2.05) is 60.4 Å². The lowest BCUT2D eigenvalue weighted by atomic mass is 9.97. The molecule has 3 aliphatic heterocycles. The highest BCUT2D eigenvalue weighted by atomic mass is 16.7. The monoisotopic (exact) mass is 825 g/mol. The highest BCUT2D eigenvalue weighted by Crippen LogP contribution is 2.35. The molecule has 0 saturated carbocycles. The number of H-pyrrole nitrogens is 1. The molecule has 10 unspecified atom stereocenters. The van der Waals surface area contributed by atoms with Crippen LogP contribution in [0.5, 0.6) is 5.75 Å². The molecule has 0 radical (unpaired) electrons. The van der Waals surface area contributed by atoms with Crippen molar-refractivity contribution in [2.24, 2.45) is 11.5 Å². The minimum Gasteiger partial charge on any atom is -0.490 e. The maximum atomic E-state index is 13.1. The average molecular weight is 826 g/mol. The second-order valence-electron chi connectivity index (χ2n) is 15.3. The van der Waals surface area contributed by atoms with Crippen molar-refractivity contribution in [2.75, 3.05) is 38.1 Å². The molecule has 59 heavy (non-hydrogen) atoms. The van der Waals surface area contributed by atoms with Gasteiger partial charge < -0.3 is 61.1 Å². The van der Waals surface area contributed by atoms with Crippen molar-refractivity contribution in [1.82, 2.24) is 19.8 Å². The minimum absolute atomic E-state index is 0.0757. The van der Waals surface area contributed by atoms with Gasteiger partial charge in [0, 0.05) is 63.4 Å². The zero-order valence-corrected chi connectivity index (χ0v) is 33.0. The largest absolute Gasteiger partial charge is 0.490 e. The van der Waals surface area contributed by atoms with Gasteiger partial charge >= 0.3 is 5.69 Å². The number of primary amides is 1. The van der Waals surface area contributed by atoms with E-state index < -0.39 is 78.4 Å². The Kier molecular flexibility index (Phi) is 14.6. The number of carbonyl (C=O) groups is 2. The zero-order chi connectivity index (χ0) is 42.4. The average Bonchev–Trinajstić information content (AvgIpc) is 3.66. The first kappa shape index (κ1) is 43.9. The van der Waals surface area contributed by atoms with Crippen molar-refractivity contribution in [3.8, 4) is 5.75 Å². The number of amides is 2. The van der Waals surface area contributed by atoms with Crippen LogP contribution >= 0.6 is 0 Å². The summed E-state index contributed by atoms with van der Waals surface area (Å²) in [6.07, 6.45) is -10.5. The van der Waals surface area contributed by atoms with E-state index in [0.717, 1.165) is 59.8 Å². The molecular formula is C40H55N7O12. The third kappa shape index (κ3) is 10.6. The van der Waals surface area contributed by atoms with Gasteiger partial charge in [-0.05, 0) is 56.8 Å². The fraction of sp³-hybridized carbons (Fsp3) is 0.550. The molecule has 3 fully saturated rings. The number of ether oxygens (including phenoxy) is 4. The second-order valence-corrected chi connectivity index (χ2v) is 15.3. The quantitative estimate of drug-likeness (QED) is 0.0745. The van der Waals surface area contributed by atoms with Crippen molar-refractivity contribution in [3.05, 3.63) is 92.8 Å². The lowest BCUT2D eigenvalue weighted by Gasteiger charge is -2.37. The van der Waals surface area contributed by atoms with E-state index in [1.54, 1.807) is 0 Å². The fourth-order valence-corrected chi connectivity index (χ4v) is 7.74. The maximum absolute atomic E-state index is 13.1. The Labute approximate surface area is 340 Å².